The standard InChI is InChI=1S/C17H22FN5O4/c1-17(2,3)27-16(26)20-11-6-10(18)8-22(9-11)13-4-5-23-14(21-13)12(7-19-23)15(24)25/h4-5,7,10-11H,6,8-9H2,1-3H3,(H,20,26)(H,24,25)/t10-,11-/m1/s1. The van der Waals surface area contributed by atoms with Gasteiger partial charge < -0.3 is 20.1 Å². The minimum Gasteiger partial charge on any atom is -0.477 e. The number of carbonyl (C=O) groups excluding carboxylic acids is 1. The van der Waals surface area contributed by atoms with Crippen LogP contribution in [0.3, 0.4) is 0 Å². The van der Waals surface area contributed by atoms with E-state index in [1.54, 1.807) is 37.9 Å². The summed E-state index contributed by atoms with van der Waals surface area (Å²) in [6.45, 7) is 5.69. The van der Waals surface area contributed by atoms with E-state index in [4.69, 9.17) is 4.74 Å². The van der Waals surface area contributed by atoms with Crippen molar-refractivity contribution in [3.63, 3.8) is 0 Å². The highest BCUT2D eigenvalue weighted by Gasteiger charge is 2.30. The molecular weight excluding hydrogens is 357 g/mol. The molecule has 2 atom stereocenters. The number of rotatable bonds is 3. The van der Waals surface area contributed by atoms with Crippen molar-refractivity contribution < 1.29 is 23.8 Å². The van der Waals surface area contributed by atoms with Crippen molar-refractivity contribution in [1.82, 2.24) is 19.9 Å². The van der Waals surface area contributed by atoms with Crippen molar-refractivity contribution in [1.29, 1.82) is 0 Å². The number of nitrogens with one attached hydrogen (secondary N) is 1. The second-order valence-electron chi connectivity index (χ2n) is 7.50. The molecule has 2 aromatic rings. The van der Waals surface area contributed by atoms with E-state index < -0.39 is 29.9 Å². The van der Waals surface area contributed by atoms with Crippen molar-refractivity contribution >= 4 is 23.5 Å². The maximum atomic E-state index is 14.2. The highest BCUT2D eigenvalue weighted by atomic mass is 19.1. The van der Waals surface area contributed by atoms with Gasteiger partial charge in [0.15, 0.2) is 5.65 Å². The number of aromatic nitrogens is 3. The molecule has 1 aliphatic rings. The molecular formula is C17H22FN5O4. The van der Waals surface area contributed by atoms with Crippen molar-refractivity contribution in [3.05, 3.63) is 24.0 Å². The van der Waals surface area contributed by atoms with Crippen LogP contribution in [0, 0.1) is 0 Å². The molecule has 0 saturated carbocycles. The van der Waals surface area contributed by atoms with Gasteiger partial charge in [-0.15, -0.1) is 0 Å². The van der Waals surface area contributed by atoms with E-state index in [9.17, 15) is 19.1 Å². The Kier molecular flexibility index (Phi) is 4.90. The summed E-state index contributed by atoms with van der Waals surface area (Å²) in [7, 11) is 0. The number of carboxylic acids is 1. The highest BCUT2D eigenvalue weighted by molar-refractivity contribution is 5.94. The predicted octanol–water partition coefficient (Wildman–Crippen LogP) is 1.87. The van der Waals surface area contributed by atoms with E-state index in [1.165, 1.54) is 10.7 Å². The monoisotopic (exact) mass is 379 g/mol. The van der Waals surface area contributed by atoms with Crippen LogP contribution in [0.4, 0.5) is 15.0 Å². The molecule has 1 amide bonds. The van der Waals surface area contributed by atoms with Crippen molar-refractivity contribution in [2.75, 3.05) is 18.0 Å². The summed E-state index contributed by atoms with van der Waals surface area (Å²) in [4.78, 5) is 29.2. The molecule has 0 spiro atoms. The number of aromatic carboxylic acids is 1. The Bertz CT molecular complexity index is 863. The van der Waals surface area contributed by atoms with Crippen LogP contribution in [0.15, 0.2) is 18.5 Å². The first-order valence-corrected chi connectivity index (χ1v) is 8.58. The average Bonchev–Trinajstić information content (AvgIpc) is 2.95. The molecule has 0 aliphatic carbocycles. The van der Waals surface area contributed by atoms with Gasteiger partial charge in [-0.3, -0.25) is 0 Å². The lowest BCUT2D eigenvalue weighted by molar-refractivity contribution is 0.0490. The van der Waals surface area contributed by atoms with Crippen LogP contribution in [-0.2, 0) is 4.74 Å². The SMILES string of the molecule is CC(C)(C)OC(=O)N[C@@H]1C[C@@H](F)CN(c2ccn3ncc(C(=O)O)c3n2)C1. The normalized spacial score (nSPS) is 20.5. The first-order valence-electron chi connectivity index (χ1n) is 8.58. The number of hydrogen-bond acceptors (Lipinski definition) is 6. The fraction of sp³-hybridized carbons (Fsp3) is 0.529. The Labute approximate surface area is 155 Å². The number of halogens is 1. The van der Waals surface area contributed by atoms with Crippen LogP contribution in [0.2, 0.25) is 0 Å². The van der Waals surface area contributed by atoms with Crippen molar-refractivity contribution in [3.8, 4) is 0 Å². The van der Waals surface area contributed by atoms with Gasteiger partial charge in [0.25, 0.3) is 0 Å². The van der Waals surface area contributed by atoms with Gasteiger partial charge in [0.1, 0.15) is 23.2 Å². The lowest BCUT2D eigenvalue weighted by Crippen LogP contribution is -2.52. The third-order valence-corrected chi connectivity index (χ3v) is 4.03. The largest absolute Gasteiger partial charge is 0.477 e. The van der Waals surface area contributed by atoms with Crippen LogP contribution < -0.4 is 10.2 Å². The van der Waals surface area contributed by atoms with E-state index in [1.807, 2.05) is 0 Å². The van der Waals surface area contributed by atoms with Gasteiger partial charge >= 0.3 is 12.1 Å². The topological polar surface area (TPSA) is 109 Å². The summed E-state index contributed by atoms with van der Waals surface area (Å²) in [6, 6.07) is 1.18. The number of fused-ring (bicyclic) bond motifs is 1. The van der Waals surface area contributed by atoms with Gasteiger partial charge in [-0.1, -0.05) is 0 Å². The highest BCUT2D eigenvalue weighted by Crippen LogP contribution is 2.22. The fourth-order valence-corrected chi connectivity index (χ4v) is 2.99. The molecule has 1 fully saturated rings. The smallest absolute Gasteiger partial charge is 0.407 e. The van der Waals surface area contributed by atoms with Crippen LogP contribution in [0.1, 0.15) is 37.6 Å². The molecule has 0 radical (unpaired) electrons. The van der Waals surface area contributed by atoms with Gasteiger partial charge in [0.05, 0.1) is 18.8 Å². The number of hydrogen-bond donors (Lipinski definition) is 2. The van der Waals surface area contributed by atoms with Gasteiger partial charge in [-0.05, 0) is 26.8 Å². The third kappa shape index (κ3) is 4.44. The Balaban J connectivity index is 1.78. The molecule has 27 heavy (non-hydrogen) atoms. The minimum atomic E-state index is -1.17. The number of piperidine rings is 1. The van der Waals surface area contributed by atoms with E-state index in [0.717, 1.165) is 0 Å². The van der Waals surface area contributed by atoms with E-state index in [2.05, 4.69) is 15.4 Å². The molecule has 3 heterocycles. The third-order valence-electron chi connectivity index (χ3n) is 4.03. The van der Waals surface area contributed by atoms with Crippen LogP contribution in [0.5, 0.6) is 0 Å². The average molecular weight is 379 g/mol. The Morgan fingerprint density at radius 3 is 2.78 bits per heavy atom. The second-order valence-corrected chi connectivity index (χ2v) is 7.50. The first-order chi connectivity index (χ1) is 12.6. The molecule has 0 unspecified atom stereocenters. The number of alkyl halides is 1. The lowest BCUT2D eigenvalue weighted by Gasteiger charge is -2.36. The van der Waals surface area contributed by atoms with Crippen molar-refractivity contribution in [2.45, 2.75) is 45.0 Å². The Hall–Kier alpha value is -2.91. The van der Waals surface area contributed by atoms with E-state index in [-0.39, 0.29) is 24.2 Å². The zero-order valence-corrected chi connectivity index (χ0v) is 15.3. The second kappa shape index (κ2) is 7.01. The molecule has 2 N–H and O–H groups in total. The molecule has 0 aromatic carbocycles. The molecule has 146 valence electrons. The van der Waals surface area contributed by atoms with Crippen LogP contribution in [0.25, 0.3) is 5.65 Å². The Morgan fingerprint density at radius 1 is 1.37 bits per heavy atom. The van der Waals surface area contributed by atoms with Gasteiger partial charge in [-0.25, -0.2) is 23.5 Å². The summed E-state index contributed by atoms with van der Waals surface area (Å²) in [5, 5.41) is 15.8. The summed E-state index contributed by atoms with van der Waals surface area (Å²) in [5.74, 6) is -0.718. The summed E-state index contributed by atoms with van der Waals surface area (Å²) in [5.41, 5.74) is -0.498. The maximum absolute atomic E-state index is 14.2. The number of alkyl carbamates (subject to hydrolysis) is 1. The van der Waals surface area contributed by atoms with Crippen molar-refractivity contribution in [2.24, 2.45) is 0 Å². The van der Waals surface area contributed by atoms with Crippen LogP contribution >= 0.6 is 0 Å². The quantitative estimate of drug-likeness (QED) is 0.838. The molecule has 10 heteroatoms. The number of nitrogens with zero attached hydrogens (tertiary/aromatic N) is 4. The molecule has 2 aromatic heterocycles. The summed E-state index contributed by atoms with van der Waals surface area (Å²) in [6.07, 6.45) is 1.19. The summed E-state index contributed by atoms with van der Waals surface area (Å²) < 4.78 is 20.8. The number of carbonyl (C=O) groups is 2. The molecule has 1 aliphatic heterocycles. The first kappa shape index (κ1) is 18.9. The zero-order valence-electron chi connectivity index (χ0n) is 15.3. The maximum Gasteiger partial charge on any atom is 0.407 e. The molecule has 1 saturated heterocycles. The fourth-order valence-electron chi connectivity index (χ4n) is 2.99. The van der Waals surface area contributed by atoms with E-state index in [0.29, 0.717) is 12.4 Å². The number of ether oxygens (including phenoxy) is 1. The molecule has 0 bridgehead atoms. The van der Waals surface area contributed by atoms with Gasteiger partial charge in [0, 0.05) is 19.2 Å². The molecule has 9 nitrogen and oxygen atoms in total. The lowest BCUT2D eigenvalue weighted by atomic mass is 10.0. The zero-order chi connectivity index (χ0) is 19.8. The number of amides is 1. The molecule has 3 rings (SSSR count). The number of carboxylic acid groups (broad SMARTS) is 1. The van der Waals surface area contributed by atoms with Gasteiger partial charge in [0.2, 0.25) is 0 Å². The predicted molar refractivity (Wildman–Crippen MR) is 94.8 cm³/mol. The summed E-state index contributed by atoms with van der Waals surface area (Å²) >= 11 is 0. The van der Waals surface area contributed by atoms with Crippen LogP contribution in [-0.4, -0.2) is 62.7 Å². The Morgan fingerprint density at radius 2 is 2.11 bits per heavy atom. The van der Waals surface area contributed by atoms with E-state index >= 15 is 0 Å². The van der Waals surface area contributed by atoms with Gasteiger partial charge in [-0.2, -0.15) is 5.10 Å². The number of anilines is 1. The minimum absolute atomic E-state index is 0.0333.